The molecule has 0 bridgehead atoms. The van der Waals surface area contributed by atoms with Crippen LogP contribution in [0.4, 0.5) is 0 Å². The van der Waals surface area contributed by atoms with Crippen LogP contribution in [-0.4, -0.2) is 13.0 Å². The molecule has 4 nitrogen and oxygen atoms in total. The van der Waals surface area contributed by atoms with Crippen LogP contribution >= 0.6 is 15.9 Å². The van der Waals surface area contributed by atoms with E-state index >= 15 is 0 Å². The summed E-state index contributed by atoms with van der Waals surface area (Å²) in [6, 6.07) is 15.2. The van der Waals surface area contributed by atoms with Gasteiger partial charge in [-0.3, -0.25) is 9.63 Å². The standard InChI is InChI=1S/C17H16BrNO3/c1-21-16-9-8-15(18)11-14(16)7-10-17(20)19-22-12-13-5-3-2-4-6-13/h2-11H,12H2,1H3,(H,19,20). The number of rotatable bonds is 6. The summed E-state index contributed by atoms with van der Waals surface area (Å²) >= 11 is 3.39. The fourth-order valence-electron chi connectivity index (χ4n) is 1.80. The van der Waals surface area contributed by atoms with Gasteiger partial charge in [0.25, 0.3) is 5.91 Å². The molecular weight excluding hydrogens is 346 g/mol. The van der Waals surface area contributed by atoms with E-state index in [4.69, 9.17) is 9.57 Å². The highest BCUT2D eigenvalue weighted by Gasteiger charge is 2.02. The number of carbonyl (C=O) groups excluding carboxylic acids is 1. The van der Waals surface area contributed by atoms with Crippen molar-refractivity contribution in [1.82, 2.24) is 5.48 Å². The third-order valence-electron chi connectivity index (χ3n) is 2.86. The van der Waals surface area contributed by atoms with E-state index in [0.717, 1.165) is 15.6 Å². The number of benzene rings is 2. The molecule has 0 unspecified atom stereocenters. The van der Waals surface area contributed by atoms with Crippen LogP contribution in [0.1, 0.15) is 11.1 Å². The van der Waals surface area contributed by atoms with Crippen molar-refractivity contribution in [2.24, 2.45) is 0 Å². The first-order valence-corrected chi connectivity index (χ1v) is 7.45. The molecule has 0 aliphatic heterocycles. The maximum Gasteiger partial charge on any atom is 0.267 e. The van der Waals surface area contributed by atoms with Gasteiger partial charge in [-0.05, 0) is 29.8 Å². The van der Waals surface area contributed by atoms with Gasteiger partial charge in [-0.2, -0.15) is 0 Å². The number of hydrogen-bond donors (Lipinski definition) is 1. The molecule has 0 atom stereocenters. The van der Waals surface area contributed by atoms with E-state index in [2.05, 4.69) is 21.4 Å². The predicted octanol–water partition coefficient (Wildman–Crippen LogP) is 3.72. The Balaban J connectivity index is 1.87. The molecule has 0 saturated carbocycles. The van der Waals surface area contributed by atoms with Crippen LogP contribution in [0.25, 0.3) is 6.08 Å². The number of methoxy groups -OCH3 is 1. The van der Waals surface area contributed by atoms with E-state index in [9.17, 15) is 4.79 Å². The zero-order valence-corrected chi connectivity index (χ0v) is 13.7. The highest BCUT2D eigenvalue weighted by Crippen LogP contribution is 2.23. The van der Waals surface area contributed by atoms with Gasteiger partial charge < -0.3 is 4.74 Å². The molecule has 0 saturated heterocycles. The summed E-state index contributed by atoms with van der Waals surface area (Å²) in [4.78, 5) is 16.9. The average Bonchev–Trinajstić information content (AvgIpc) is 2.54. The Morgan fingerprint density at radius 3 is 2.73 bits per heavy atom. The van der Waals surface area contributed by atoms with Gasteiger partial charge in [-0.1, -0.05) is 46.3 Å². The number of hydroxylamine groups is 1. The second-order valence-corrected chi connectivity index (χ2v) is 5.38. The highest BCUT2D eigenvalue weighted by molar-refractivity contribution is 9.10. The molecule has 2 rings (SSSR count). The van der Waals surface area contributed by atoms with Crippen LogP contribution in [0, 0.1) is 0 Å². The Kier molecular flexibility index (Phi) is 6.18. The van der Waals surface area contributed by atoms with Crippen molar-refractivity contribution in [2.45, 2.75) is 6.61 Å². The van der Waals surface area contributed by atoms with Crippen molar-refractivity contribution >= 4 is 27.9 Å². The average molecular weight is 362 g/mol. The number of ether oxygens (including phenoxy) is 1. The van der Waals surface area contributed by atoms with Crippen molar-refractivity contribution in [3.8, 4) is 5.75 Å². The summed E-state index contributed by atoms with van der Waals surface area (Å²) in [6.07, 6.45) is 3.07. The minimum atomic E-state index is -0.335. The van der Waals surface area contributed by atoms with E-state index in [1.165, 1.54) is 6.08 Å². The quantitative estimate of drug-likeness (QED) is 0.629. The normalized spacial score (nSPS) is 10.6. The lowest BCUT2D eigenvalue weighted by Gasteiger charge is -2.05. The highest BCUT2D eigenvalue weighted by atomic mass is 79.9. The van der Waals surface area contributed by atoms with Gasteiger partial charge >= 0.3 is 0 Å². The fourth-order valence-corrected chi connectivity index (χ4v) is 2.18. The Morgan fingerprint density at radius 2 is 2.00 bits per heavy atom. The van der Waals surface area contributed by atoms with E-state index in [-0.39, 0.29) is 5.91 Å². The Hall–Kier alpha value is -2.11. The van der Waals surface area contributed by atoms with Crippen molar-refractivity contribution in [3.63, 3.8) is 0 Å². The largest absolute Gasteiger partial charge is 0.496 e. The topological polar surface area (TPSA) is 47.6 Å². The van der Waals surface area contributed by atoms with Gasteiger partial charge in [-0.15, -0.1) is 0 Å². The maximum atomic E-state index is 11.7. The molecule has 1 amide bonds. The van der Waals surface area contributed by atoms with Crippen LogP contribution in [0.15, 0.2) is 59.1 Å². The Morgan fingerprint density at radius 1 is 1.23 bits per heavy atom. The summed E-state index contributed by atoms with van der Waals surface area (Å²) < 4.78 is 6.15. The van der Waals surface area contributed by atoms with Gasteiger partial charge in [0.2, 0.25) is 0 Å². The van der Waals surface area contributed by atoms with Crippen LogP contribution in [-0.2, 0) is 16.2 Å². The van der Waals surface area contributed by atoms with Gasteiger partial charge in [0, 0.05) is 16.1 Å². The molecule has 2 aromatic carbocycles. The maximum absolute atomic E-state index is 11.7. The van der Waals surface area contributed by atoms with Crippen LogP contribution < -0.4 is 10.2 Å². The number of hydrogen-bond acceptors (Lipinski definition) is 3. The molecule has 0 aromatic heterocycles. The first-order chi connectivity index (χ1) is 10.7. The second-order valence-electron chi connectivity index (χ2n) is 4.46. The molecule has 5 heteroatoms. The van der Waals surface area contributed by atoms with Gasteiger partial charge in [0.1, 0.15) is 5.75 Å². The van der Waals surface area contributed by atoms with Crippen molar-refractivity contribution in [2.75, 3.05) is 7.11 Å². The van der Waals surface area contributed by atoms with Crippen LogP contribution in [0.3, 0.4) is 0 Å². The molecular formula is C17H16BrNO3. The fraction of sp³-hybridized carbons (Fsp3) is 0.118. The molecule has 0 heterocycles. The van der Waals surface area contributed by atoms with E-state index in [1.54, 1.807) is 13.2 Å². The van der Waals surface area contributed by atoms with E-state index < -0.39 is 0 Å². The number of nitrogens with one attached hydrogen (secondary N) is 1. The zero-order valence-electron chi connectivity index (χ0n) is 12.1. The lowest BCUT2D eigenvalue weighted by Crippen LogP contribution is -2.21. The Labute approximate surface area is 137 Å². The molecule has 0 aliphatic carbocycles. The molecule has 0 spiro atoms. The van der Waals surface area contributed by atoms with E-state index in [1.807, 2.05) is 48.5 Å². The van der Waals surface area contributed by atoms with Crippen LogP contribution in [0.5, 0.6) is 5.75 Å². The van der Waals surface area contributed by atoms with E-state index in [0.29, 0.717) is 12.4 Å². The summed E-state index contributed by atoms with van der Waals surface area (Å²) in [5.41, 5.74) is 4.16. The molecule has 114 valence electrons. The number of carbonyl (C=O) groups is 1. The second kappa shape index (κ2) is 8.36. The minimum absolute atomic E-state index is 0.320. The van der Waals surface area contributed by atoms with Crippen molar-refractivity contribution in [3.05, 3.63) is 70.2 Å². The first-order valence-electron chi connectivity index (χ1n) is 6.66. The molecule has 0 fully saturated rings. The summed E-state index contributed by atoms with van der Waals surface area (Å²) in [5, 5.41) is 0. The first kappa shape index (κ1) is 16.3. The number of halogens is 1. The third-order valence-corrected chi connectivity index (χ3v) is 3.35. The molecule has 0 aliphatic rings. The van der Waals surface area contributed by atoms with Gasteiger partial charge in [-0.25, -0.2) is 5.48 Å². The minimum Gasteiger partial charge on any atom is -0.496 e. The number of amides is 1. The smallest absolute Gasteiger partial charge is 0.267 e. The van der Waals surface area contributed by atoms with Gasteiger partial charge in [0.05, 0.1) is 13.7 Å². The summed E-state index contributed by atoms with van der Waals surface area (Å²) in [7, 11) is 1.59. The SMILES string of the molecule is COc1ccc(Br)cc1C=CC(=O)NOCc1ccccc1. The molecule has 0 radical (unpaired) electrons. The van der Waals surface area contributed by atoms with Gasteiger partial charge in [0.15, 0.2) is 0 Å². The molecule has 2 aromatic rings. The van der Waals surface area contributed by atoms with Crippen LogP contribution in [0.2, 0.25) is 0 Å². The zero-order chi connectivity index (χ0) is 15.8. The summed E-state index contributed by atoms with van der Waals surface area (Å²) in [5.74, 6) is 0.357. The third kappa shape index (κ3) is 5.02. The lowest BCUT2D eigenvalue weighted by atomic mass is 10.2. The van der Waals surface area contributed by atoms with Crippen molar-refractivity contribution < 1.29 is 14.4 Å². The summed E-state index contributed by atoms with van der Waals surface area (Å²) in [6.45, 7) is 0.320. The van der Waals surface area contributed by atoms with Crippen molar-refractivity contribution in [1.29, 1.82) is 0 Å². The Bertz CT molecular complexity index is 656. The molecule has 22 heavy (non-hydrogen) atoms. The molecule has 1 N–H and O–H groups in total. The lowest BCUT2D eigenvalue weighted by molar-refractivity contribution is -0.129. The monoisotopic (exact) mass is 361 g/mol. The predicted molar refractivity (Wildman–Crippen MR) is 89.1 cm³/mol.